The summed E-state index contributed by atoms with van der Waals surface area (Å²) in [6.45, 7) is 0.300. The van der Waals surface area contributed by atoms with Crippen molar-refractivity contribution in [2.24, 2.45) is 17.6 Å². The summed E-state index contributed by atoms with van der Waals surface area (Å²) in [5.74, 6) is -0.185. The SMILES string of the molecule is NC(CN1C(=O)C2CCCCC2C1=O)c1ccccc1. The normalized spacial score (nSPS) is 27.6. The van der Waals surface area contributed by atoms with Crippen LogP contribution < -0.4 is 5.73 Å². The van der Waals surface area contributed by atoms with E-state index < -0.39 is 0 Å². The topological polar surface area (TPSA) is 63.4 Å². The number of carbonyl (C=O) groups is 2. The maximum absolute atomic E-state index is 12.4. The molecule has 106 valence electrons. The molecule has 1 aromatic rings. The van der Waals surface area contributed by atoms with Gasteiger partial charge in [-0.25, -0.2) is 0 Å². The molecule has 2 N–H and O–H groups in total. The van der Waals surface area contributed by atoms with Gasteiger partial charge in [-0.1, -0.05) is 43.2 Å². The largest absolute Gasteiger partial charge is 0.322 e. The lowest BCUT2D eigenvalue weighted by Gasteiger charge is -2.20. The van der Waals surface area contributed by atoms with Gasteiger partial charge in [0.15, 0.2) is 0 Å². The van der Waals surface area contributed by atoms with E-state index >= 15 is 0 Å². The van der Waals surface area contributed by atoms with Crippen LogP contribution in [0, 0.1) is 11.8 Å². The van der Waals surface area contributed by atoms with E-state index in [2.05, 4.69) is 0 Å². The zero-order valence-corrected chi connectivity index (χ0v) is 11.5. The fraction of sp³-hybridized carbons (Fsp3) is 0.500. The molecule has 1 saturated heterocycles. The first kappa shape index (κ1) is 13.3. The van der Waals surface area contributed by atoms with Crippen LogP contribution in [0.4, 0.5) is 0 Å². The van der Waals surface area contributed by atoms with Crippen LogP contribution in [0.2, 0.25) is 0 Å². The fourth-order valence-corrected chi connectivity index (χ4v) is 3.41. The fourth-order valence-electron chi connectivity index (χ4n) is 3.41. The molecule has 2 aliphatic rings. The Morgan fingerprint density at radius 2 is 1.60 bits per heavy atom. The molecule has 1 saturated carbocycles. The molecule has 2 fully saturated rings. The summed E-state index contributed by atoms with van der Waals surface area (Å²) >= 11 is 0. The first-order chi connectivity index (χ1) is 9.68. The number of benzene rings is 1. The number of amides is 2. The molecule has 0 spiro atoms. The van der Waals surface area contributed by atoms with E-state index in [0.717, 1.165) is 31.2 Å². The zero-order valence-electron chi connectivity index (χ0n) is 11.5. The van der Waals surface area contributed by atoms with Gasteiger partial charge in [0, 0.05) is 12.6 Å². The molecule has 0 aromatic heterocycles. The number of fused-ring (bicyclic) bond motifs is 1. The van der Waals surface area contributed by atoms with Gasteiger partial charge in [0.2, 0.25) is 11.8 Å². The predicted octanol–water partition coefficient (Wildman–Crippen LogP) is 1.86. The Hall–Kier alpha value is -1.68. The summed E-state index contributed by atoms with van der Waals surface area (Å²) < 4.78 is 0. The van der Waals surface area contributed by atoms with Crippen LogP contribution in [-0.4, -0.2) is 23.3 Å². The van der Waals surface area contributed by atoms with Gasteiger partial charge in [-0.15, -0.1) is 0 Å². The number of hydrogen-bond acceptors (Lipinski definition) is 3. The second-order valence-corrected chi connectivity index (χ2v) is 5.80. The molecular weight excluding hydrogens is 252 g/mol. The van der Waals surface area contributed by atoms with Gasteiger partial charge in [-0.05, 0) is 18.4 Å². The van der Waals surface area contributed by atoms with E-state index in [1.54, 1.807) is 0 Å². The molecule has 1 aliphatic heterocycles. The molecule has 4 heteroatoms. The number of nitrogens with two attached hydrogens (primary N) is 1. The lowest BCUT2D eigenvalue weighted by atomic mass is 9.81. The smallest absolute Gasteiger partial charge is 0.233 e. The molecule has 1 aliphatic carbocycles. The Morgan fingerprint density at radius 1 is 1.05 bits per heavy atom. The van der Waals surface area contributed by atoms with Crippen molar-refractivity contribution in [2.45, 2.75) is 31.7 Å². The third kappa shape index (κ3) is 2.24. The van der Waals surface area contributed by atoms with E-state index in [4.69, 9.17) is 5.73 Å². The van der Waals surface area contributed by atoms with Crippen molar-refractivity contribution in [3.05, 3.63) is 35.9 Å². The Morgan fingerprint density at radius 3 is 2.15 bits per heavy atom. The molecular formula is C16H20N2O2. The van der Waals surface area contributed by atoms with Gasteiger partial charge >= 0.3 is 0 Å². The van der Waals surface area contributed by atoms with Crippen molar-refractivity contribution in [3.8, 4) is 0 Å². The standard InChI is InChI=1S/C16H20N2O2/c17-14(11-6-2-1-3-7-11)10-18-15(19)12-8-4-5-9-13(12)16(18)20/h1-3,6-7,12-14H,4-5,8-10,17H2. The van der Waals surface area contributed by atoms with Crippen molar-refractivity contribution in [1.29, 1.82) is 0 Å². The second-order valence-electron chi connectivity index (χ2n) is 5.80. The molecule has 4 nitrogen and oxygen atoms in total. The summed E-state index contributed by atoms with van der Waals surface area (Å²) in [4.78, 5) is 26.1. The maximum atomic E-state index is 12.4. The number of rotatable bonds is 3. The van der Waals surface area contributed by atoms with Crippen LogP contribution in [0.5, 0.6) is 0 Å². The summed E-state index contributed by atoms with van der Waals surface area (Å²) in [6, 6.07) is 9.33. The minimum absolute atomic E-state index is 0.00826. The van der Waals surface area contributed by atoms with Gasteiger partial charge in [0.25, 0.3) is 0 Å². The average molecular weight is 272 g/mol. The van der Waals surface area contributed by atoms with Crippen LogP contribution in [0.3, 0.4) is 0 Å². The van der Waals surface area contributed by atoms with Crippen molar-refractivity contribution in [2.75, 3.05) is 6.54 Å². The Bertz CT molecular complexity index is 490. The van der Waals surface area contributed by atoms with Crippen molar-refractivity contribution >= 4 is 11.8 Å². The molecule has 1 aromatic carbocycles. The van der Waals surface area contributed by atoms with Gasteiger partial charge in [0.05, 0.1) is 11.8 Å². The molecule has 3 atom stereocenters. The van der Waals surface area contributed by atoms with E-state index in [1.807, 2.05) is 30.3 Å². The predicted molar refractivity (Wildman–Crippen MR) is 75.5 cm³/mol. The molecule has 3 unspecified atom stereocenters. The molecule has 0 bridgehead atoms. The highest BCUT2D eigenvalue weighted by molar-refractivity contribution is 6.05. The summed E-state index contributed by atoms with van der Waals surface area (Å²) in [6.07, 6.45) is 3.82. The second kappa shape index (κ2) is 5.37. The van der Waals surface area contributed by atoms with Crippen LogP contribution in [0.1, 0.15) is 37.3 Å². The first-order valence-corrected chi connectivity index (χ1v) is 7.34. The summed E-state index contributed by atoms with van der Waals surface area (Å²) in [7, 11) is 0. The number of imide groups is 1. The molecule has 3 rings (SSSR count). The van der Waals surface area contributed by atoms with Crippen molar-refractivity contribution in [3.63, 3.8) is 0 Å². The maximum Gasteiger partial charge on any atom is 0.233 e. The zero-order chi connectivity index (χ0) is 14.1. The van der Waals surface area contributed by atoms with Crippen LogP contribution in [0.15, 0.2) is 30.3 Å². The lowest BCUT2D eigenvalue weighted by Crippen LogP contribution is -2.37. The highest BCUT2D eigenvalue weighted by atomic mass is 16.2. The van der Waals surface area contributed by atoms with Gasteiger partial charge in [-0.3, -0.25) is 14.5 Å². The lowest BCUT2D eigenvalue weighted by molar-refractivity contribution is -0.140. The average Bonchev–Trinajstić information content (AvgIpc) is 2.74. The number of nitrogens with zero attached hydrogens (tertiary/aromatic N) is 1. The Labute approximate surface area is 118 Å². The number of carbonyl (C=O) groups excluding carboxylic acids is 2. The molecule has 0 radical (unpaired) electrons. The summed E-state index contributed by atoms with van der Waals surface area (Å²) in [5, 5.41) is 0. The first-order valence-electron chi connectivity index (χ1n) is 7.34. The van der Waals surface area contributed by atoms with E-state index in [-0.39, 0.29) is 29.7 Å². The van der Waals surface area contributed by atoms with Gasteiger partial charge in [0.1, 0.15) is 0 Å². The third-order valence-electron chi connectivity index (χ3n) is 4.54. The monoisotopic (exact) mass is 272 g/mol. The van der Waals surface area contributed by atoms with Gasteiger partial charge < -0.3 is 5.73 Å². The summed E-state index contributed by atoms with van der Waals surface area (Å²) in [5.41, 5.74) is 7.10. The van der Waals surface area contributed by atoms with Crippen molar-refractivity contribution < 1.29 is 9.59 Å². The minimum Gasteiger partial charge on any atom is -0.322 e. The Balaban J connectivity index is 1.74. The van der Waals surface area contributed by atoms with Crippen molar-refractivity contribution in [1.82, 2.24) is 4.90 Å². The quantitative estimate of drug-likeness (QED) is 0.854. The third-order valence-corrected chi connectivity index (χ3v) is 4.54. The molecule has 20 heavy (non-hydrogen) atoms. The van der Waals surface area contributed by atoms with Crippen LogP contribution in [-0.2, 0) is 9.59 Å². The van der Waals surface area contributed by atoms with Gasteiger partial charge in [-0.2, -0.15) is 0 Å². The van der Waals surface area contributed by atoms with E-state index in [1.165, 1.54) is 4.90 Å². The highest BCUT2D eigenvalue weighted by Gasteiger charge is 2.48. The van der Waals surface area contributed by atoms with Crippen LogP contribution in [0.25, 0.3) is 0 Å². The number of hydrogen-bond donors (Lipinski definition) is 1. The molecule has 2 amide bonds. The Kier molecular flexibility index (Phi) is 3.57. The van der Waals surface area contributed by atoms with Crippen LogP contribution >= 0.6 is 0 Å². The van der Waals surface area contributed by atoms with E-state index in [0.29, 0.717) is 6.54 Å². The minimum atomic E-state index is -0.302. The number of likely N-dealkylation sites (tertiary alicyclic amines) is 1. The van der Waals surface area contributed by atoms with E-state index in [9.17, 15) is 9.59 Å². The molecule has 1 heterocycles. The highest BCUT2D eigenvalue weighted by Crippen LogP contribution is 2.38.